The third-order valence-corrected chi connectivity index (χ3v) is 17.0. The molecule has 436 valence electrons. The standard InChI is InChI=1S/C57H96N8O12/c1-15-17-21-42-34-65(61-59-42)44-24-22-41(23-25-44)20-18-19-27-64-33-43(58-60-64)26-28-62(12)45-29-36(4)73-54(48(45)66)77-52-37(5)49(76-47-31-56(10,72-14)51(68)40(8)74-47)38(6)53(69)75-46(16-2)57(11,71)50(67)39(7)63(13)32-35(3)30-55(52,9)70/h22-25,33-40,45-52,54,66-68,70-71H,15-21,26-32H2,1-14H3/t35-,36-,37+,38-,39-,40+,45+,46-,47+,48-,49+,50-,51+,52-,54+,55-,56-,57-/m1/s1. The summed E-state index contributed by atoms with van der Waals surface area (Å²) in [6, 6.07) is 7.52. The van der Waals surface area contributed by atoms with Gasteiger partial charge in [0.2, 0.25) is 0 Å². The Morgan fingerprint density at radius 1 is 0.844 bits per heavy atom. The molecule has 18 atom stereocenters. The van der Waals surface area contributed by atoms with Crippen molar-refractivity contribution in [2.24, 2.45) is 17.8 Å². The number of likely N-dealkylation sites (N-methyl/N-ethyl adjacent to an activating group) is 2. The van der Waals surface area contributed by atoms with Crippen LogP contribution in [-0.2, 0) is 59.0 Å². The molecule has 5 heterocycles. The number of benzene rings is 1. The zero-order chi connectivity index (χ0) is 56.6. The summed E-state index contributed by atoms with van der Waals surface area (Å²) in [5.41, 5.74) is -0.393. The first-order valence-electron chi connectivity index (χ1n) is 28.5. The van der Waals surface area contributed by atoms with Crippen molar-refractivity contribution in [1.29, 1.82) is 0 Å². The Bertz CT molecular complexity index is 2270. The Morgan fingerprint density at radius 3 is 2.21 bits per heavy atom. The van der Waals surface area contributed by atoms with E-state index in [4.69, 9.17) is 28.4 Å². The molecule has 0 spiro atoms. The highest BCUT2D eigenvalue weighted by molar-refractivity contribution is 5.73. The number of cyclic esters (lactones) is 1. The summed E-state index contributed by atoms with van der Waals surface area (Å²) in [5, 5.41) is 77.4. The van der Waals surface area contributed by atoms with E-state index < -0.39 is 102 Å². The maximum atomic E-state index is 14.5. The number of nitrogens with zero attached hydrogens (tertiary/aromatic N) is 8. The number of aromatic nitrogens is 6. The second kappa shape index (κ2) is 27.3. The van der Waals surface area contributed by atoms with Crippen molar-refractivity contribution < 1.29 is 58.7 Å². The lowest BCUT2D eigenvalue weighted by Crippen LogP contribution is -2.61. The molecule has 1 aromatic carbocycles. The van der Waals surface area contributed by atoms with Crippen LogP contribution in [0.1, 0.15) is 144 Å². The van der Waals surface area contributed by atoms with Gasteiger partial charge < -0.3 is 63.8 Å². The van der Waals surface area contributed by atoms with Crippen molar-refractivity contribution in [3.05, 3.63) is 53.6 Å². The summed E-state index contributed by atoms with van der Waals surface area (Å²) in [4.78, 5) is 18.5. The van der Waals surface area contributed by atoms with Gasteiger partial charge in [-0.1, -0.05) is 56.7 Å². The van der Waals surface area contributed by atoms with Crippen LogP contribution in [0.4, 0.5) is 0 Å². The number of methoxy groups -OCH3 is 1. The Labute approximate surface area is 458 Å². The fraction of sp³-hybridized carbons (Fsp3) is 0.807. The molecule has 0 radical (unpaired) electrons. The van der Waals surface area contributed by atoms with Crippen LogP contribution in [-0.4, -0.2) is 196 Å². The monoisotopic (exact) mass is 1080 g/mol. The molecule has 0 amide bonds. The van der Waals surface area contributed by atoms with E-state index in [1.165, 1.54) is 19.6 Å². The third kappa shape index (κ3) is 15.7. The Kier molecular flexibility index (Phi) is 22.2. The molecule has 0 saturated carbocycles. The molecular weight excluding hydrogens is 989 g/mol. The Balaban J connectivity index is 1.16. The molecule has 77 heavy (non-hydrogen) atoms. The molecule has 3 saturated heterocycles. The Hall–Kier alpha value is -3.51. The summed E-state index contributed by atoms with van der Waals surface area (Å²) in [7, 11) is 5.32. The zero-order valence-corrected chi connectivity index (χ0v) is 48.7. The van der Waals surface area contributed by atoms with Crippen molar-refractivity contribution in [2.45, 2.75) is 244 Å². The first kappa shape index (κ1) is 62.7. The van der Waals surface area contributed by atoms with Gasteiger partial charge in [0.05, 0.1) is 64.8 Å². The molecule has 20 nitrogen and oxygen atoms in total. The molecule has 3 aliphatic rings. The van der Waals surface area contributed by atoms with Crippen LogP contribution >= 0.6 is 0 Å². The second-order valence-electron chi connectivity index (χ2n) is 23.8. The highest BCUT2D eigenvalue weighted by Crippen LogP contribution is 2.40. The quantitative estimate of drug-likeness (QED) is 0.0779. The van der Waals surface area contributed by atoms with Crippen LogP contribution in [0.5, 0.6) is 0 Å². The summed E-state index contributed by atoms with van der Waals surface area (Å²) in [6.45, 7) is 21.6. The van der Waals surface area contributed by atoms with E-state index in [0.717, 1.165) is 62.1 Å². The van der Waals surface area contributed by atoms with Crippen LogP contribution in [0.25, 0.3) is 5.69 Å². The first-order chi connectivity index (χ1) is 36.3. The minimum Gasteiger partial charge on any atom is -0.459 e. The molecule has 0 aliphatic carbocycles. The number of aliphatic hydroxyl groups is 5. The van der Waals surface area contributed by atoms with Gasteiger partial charge in [-0.15, -0.1) is 10.2 Å². The second-order valence-corrected chi connectivity index (χ2v) is 23.8. The number of hydrogen-bond acceptors (Lipinski definition) is 18. The van der Waals surface area contributed by atoms with Crippen LogP contribution in [0.3, 0.4) is 0 Å². The summed E-state index contributed by atoms with van der Waals surface area (Å²) in [6.07, 6.45) is 1.73. The van der Waals surface area contributed by atoms with E-state index in [1.807, 2.05) is 68.4 Å². The average Bonchev–Trinajstić information content (AvgIpc) is 4.07. The number of hydrogen-bond donors (Lipinski definition) is 5. The fourth-order valence-electron chi connectivity index (χ4n) is 12.0. The first-order valence-corrected chi connectivity index (χ1v) is 28.5. The van der Waals surface area contributed by atoms with Crippen LogP contribution < -0.4 is 0 Å². The van der Waals surface area contributed by atoms with Crippen LogP contribution in [0.2, 0.25) is 0 Å². The number of aryl methyl sites for hydroxylation is 3. The van der Waals surface area contributed by atoms with Gasteiger partial charge in [0.1, 0.15) is 30.0 Å². The maximum Gasteiger partial charge on any atom is 0.311 e. The normalized spacial score (nSPS) is 37.4. The van der Waals surface area contributed by atoms with Crippen molar-refractivity contribution in [1.82, 2.24) is 39.8 Å². The summed E-state index contributed by atoms with van der Waals surface area (Å²) in [5.74, 6) is -2.75. The number of esters is 1. The summed E-state index contributed by atoms with van der Waals surface area (Å²) >= 11 is 0. The van der Waals surface area contributed by atoms with E-state index >= 15 is 0 Å². The van der Waals surface area contributed by atoms with Gasteiger partial charge in [-0.25, -0.2) is 4.68 Å². The van der Waals surface area contributed by atoms with Crippen molar-refractivity contribution in [3.63, 3.8) is 0 Å². The molecule has 6 rings (SSSR count). The number of carbonyl (C=O) groups excluding carboxylic acids is 1. The molecule has 3 aromatic rings. The van der Waals surface area contributed by atoms with Gasteiger partial charge in [-0.3, -0.25) is 9.48 Å². The van der Waals surface area contributed by atoms with Crippen molar-refractivity contribution >= 4 is 5.97 Å². The van der Waals surface area contributed by atoms with Crippen LogP contribution in [0.15, 0.2) is 36.7 Å². The molecule has 0 bridgehead atoms. The summed E-state index contributed by atoms with van der Waals surface area (Å²) < 4.78 is 42.2. The highest BCUT2D eigenvalue weighted by atomic mass is 16.7. The lowest BCUT2D eigenvalue weighted by Gasteiger charge is -2.49. The number of carbonyl (C=O) groups is 1. The number of ether oxygens (including phenoxy) is 6. The topological polar surface area (TPSA) is 241 Å². The molecule has 5 N–H and O–H groups in total. The van der Waals surface area contributed by atoms with E-state index in [0.29, 0.717) is 25.9 Å². The van der Waals surface area contributed by atoms with Gasteiger partial charge >= 0.3 is 5.97 Å². The van der Waals surface area contributed by atoms with E-state index in [9.17, 15) is 30.3 Å². The number of rotatable bonds is 19. The largest absolute Gasteiger partial charge is 0.459 e. The molecular formula is C57H96N8O12. The van der Waals surface area contributed by atoms with Crippen molar-refractivity contribution in [2.75, 3.05) is 34.3 Å². The molecule has 3 aliphatic heterocycles. The molecule has 0 unspecified atom stereocenters. The van der Waals surface area contributed by atoms with Gasteiger partial charge in [0.25, 0.3) is 0 Å². The van der Waals surface area contributed by atoms with E-state index in [-0.39, 0.29) is 31.3 Å². The number of unbranched alkanes of at least 4 members (excludes halogenated alkanes) is 2. The molecule has 2 aromatic heterocycles. The maximum absolute atomic E-state index is 14.5. The predicted octanol–water partition coefficient (Wildman–Crippen LogP) is 5.05. The van der Waals surface area contributed by atoms with E-state index in [2.05, 4.69) is 56.7 Å². The zero-order valence-electron chi connectivity index (χ0n) is 48.7. The Morgan fingerprint density at radius 2 is 1.53 bits per heavy atom. The third-order valence-electron chi connectivity index (χ3n) is 17.0. The SMILES string of the molecule is CCCCc1cn(-c2ccc(CCCCn3cc(CCN(C)[C@H]4C[C@@H](C)O[C@@H](O[C@@H]5[C@@H](C)[C@H](O[C@H]6C[C@@](C)(OC)[C@@H](O)[C@H](C)O6)[C@@H](C)C(=O)O[C@H](CC)[C@@](C)(O)[C@H](O)[C@@H](C)N(C)C[C@H](C)C[C@@]5(C)O)[C@@H]4O)nn3)cc2)nn1. The van der Waals surface area contributed by atoms with E-state index in [1.54, 1.807) is 34.6 Å². The highest BCUT2D eigenvalue weighted by Gasteiger charge is 2.53. The van der Waals surface area contributed by atoms with Crippen molar-refractivity contribution in [3.8, 4) is 5.69 Å². The number of aliphatic hydroxyl groups excluding tert-OH is 3. The smallest absolute Gasteiger partial charge is 0.311 e. The lowest BCUT2D eigenvalue weighted by molar-refractivity contribution is -0.318. The van der Waals surface area contributed by atoms with Crippen LogP contribution in [0, 0.1) is 17.8 Å². The molecule has 3 fully saturated rings. The average molecular weight is 1090 g/mol. The van der Waals surface area contributed by atoms with Gasteiger partial charge in [0.15, 0.2) is 12.6 Å². The minimum atomic E-state index is -1.83. The fourth-order valence-corrected chi connectivity index (χ4v) is 12.0. The van der Waals surface area contributed by atoms with Gasteiger partial charge in [0, 0.05) is 63.8 Å². The lowest BCUT2D eigenvalue weighted by atomic mass is 9.77. The van der Waals surface area contributed by atoms with Gasteiger partial charge in [-0.2, -0.15) is 0 Å². The minimum absolute atomic E-state index is 0.108. The predicted molar refractivity (Wildman–Crippen MR) is 290 cm³/mol. The van der Waals surface area contributed by atoms with Gasteiger partial charge in [-0.05, 0) is 138 Å². The molecule has 20 heteroatoms.